The number of hydrogen-bond donors (Lipinski definition) is 3. The minimum absolute atomic E-state index is 0.0395. The first-order valence-electron chi connectivity index (χ1n) is 9.01. The van der Waals surface area contributed by atoms with Crippen LogP contribution in [0.25, 0.3) is 22.3 Å². The van der Waals surface area contributed by atoms with Gasteiger partial charge in [-0.1, -0.05) is 6.07 Å². The third-order valence-electron chi connectivity index (χ3n) is 4.93. The Kier molecular flexibility index (Phi) is 3.79. The van der Waals surface area contributed by atoms with Crippen LogP contribution in [0, 0.1) is 13.8 Å². The Labute approximate surface area is 168 Å². The molecule has 8 nitrogen and oxygen atoms in total. The summed E-state index contributed by atoms with van der Waals surface area (Å²) >= 11 is 0. The lowest BCUT2D eigenvalue weighted by molar-refractivity contribution is -0.286. The van der Waals surface area contributed by atoms with Gasteiger partial charge in [0.25, 0.3) is 5.91 Å². The number of H-pyrrole nitrogens is 2. The predicted molar refractivity (Wildman–Crippen MR) is 104 cm³/mol. The molecule has 0 spiro atoms. The molecule has 0 atom stereocenters. The smallest absolute Gasteiger partial charge is 0.395 e. The number of benzene rings is 1. The highest BCUT2D eigenvalue weighted by Crippen LogP contribution is 2.47. The van der Waals surface area contributed by atoms with Crippen molar-refractivity contribution >= 4 is 22.6 Å². The third kappa shape index (κ3) is 2.93. The highest BCUT2D eigenvalue weighted by Gasteiger charge is 2.44. The van der Waals surface area contributed by atoms with Gasteiger partial charge in [-0.2, -0.15) is 5.10 Å². The maximum atomic E-state index is 13.5. The average molecular weight is 411 g/mol. The van der Waals surface area contributed by atoms with Crippen molar-refractivity contribution in [2.45, 2.75) is 20.1 Å². The zero-order chi connectivity index (χ0) is 21.0. The Morgan fingerprint density at radius 1 is 1.20 bits per heavy atom. The molecule has 0 fully saturated rings. The number of rotatable bonds is 3. The topological polar surface area (TPSA) is 105 Å². The molecular formula is C20H15F2N5O3. The zero-order valence-electron chi connectivity index (χ0n) is 15.8. The number of aromatic nitrogens is 4. The molecule has 1 amide bonds. The van der Waals surface area contributed by atoms with Crippen LogP contribution in [0.4, 0.5) is 14.5 Å². The van der Waals surface area contributed by atoms with Crippen LogP contribution in [0.3, 0.4) is 0 Å². The van der Waals surface area contributed by atoms with E-state index in [1.807, 2.05) is 6.92 Å². The van der Waals surface area contributed by atoms with Gasteiger partial charge in [0.1, 0.15) is 11.3 Å². The van der Waals surface area contributed by atoms with Gasteiger partial charge in [0.2, 0.25) is 0 Å². The molecule has 152 valence electrons. The summed E-state index contributed by atoms with van der Waals surface area (Å²) < 4.78 is 36.1. The van der Waals surface area contributed by atoms with Gasteiger partial charge < -0.3 is 19.8 Å². The van der Waals surface area contributed by atoms with Crippen molar-refractivity contribution in [3.8, 4) is 22.8 Å². The van der Waals surface area contributed by atoms with Gasteiger partial charge in [0.05, 0.1) is 23.3 Å². The number of nitrogens with zero attached hydrogens (tertiary/aromatic N) is 2. The Morgan fingerprint density at radius 2 is 2.03 bits per heavy atom. The van der Waals surface area contributed by atoms with Gasteiger partial charge in [-0.25, -0.2) is 4.98 Å². The zero-order valence-corrected chi connectivity index (χ0v) is 15.8. The molecule has 0 bridgehead atoms. The highest BCUT2D eigenvalue weighted by atomic mass is 19.3. The summed E-state index contributed by atoms with van der Waals surface area (Å²) in [6, 6.07) is 8.11. The number of halogens is 2. The number of anilines is 1. The number of carbonyl (C=O) groups is 1. The second-order valence-electron chi connectivity index (χ2n) is 6.91. The fourth-order valence-electron chi connectivity index (χ4n) is 3.31. The molecule has 3 aromatic heterocycles. The van der Waals surface area contributed by atoms with Crippen molar-refractivity contribution in [3.63, 3.8) is 0 Å². The number of hydrogen-bond acceptors (Lipinski definition) is 5. The van der Waals surface area contributed by atoms with E-state index in [1.165, 1.54) is 12.3 Å². The second-order valence-corrected chi connectivity index (χ2v) is 6.91. The maximum absolute atomic E-state index is 13.5. The summed E-state index contributed by atoms with van der Waals surface area (Å²) in [6.07, 6.45) is -2.20. The van der Waals surface area contributed by atoms with Crippen LogP contribution in [0.2, 0.25) is 0 Å². The number of para-hydroxylation sites is 1. The predicted octanol–water partition coefficient (Wildman–Crippen LogP) is 4.14. The minimum Gasteiger partial charge on any atom is -0.395 e. The van der Waals surface area contributed by atoms with Crippen LogP contribution >= 0.6 is 0 Å². The molecule has 4 aromatic rings. The summed E-state index contributed by atoms with van der Waals surface area (Å²) in [5.41, 5.74) is 3.84. The summed E-state index contributed by atoms with van der Waals surface area (Å²) in [4.78, 5) is 19.9. The molecule has 10 heteroatoms. The Morgan fingerprint density at radius 3 is 2.80 bits per heavy atom. The molecule has 4 heterocycles. The van der Waals surface area contributed by atoms with Crippen molar-refractivity contribution < 1.29 is 23.0 Å². The molecule has 30 heavy (non-hydrogen) atoms. The van der Waals surface area contributed by atoms with E-state index < -0.39 is 6.29 Å². The SMILES string of the molecule is Cc1n[nH]c(C(=O)Nc2cnc3[nH]c(-c4cccc5c4OC(F)(F)O5)cc3c2)c1C. The van der Waals surface area contributed by atoms with E-state index >= 15 is 0 Å². The fraction of sp³-hybridized carbons (Fsp3) is 0.150. The van der Waals surface area contributed by atoms with Gasteiger partial charge in [-0.3, -0.25) is 9.89 Å². The fourth-order valence-corrected chi connectivity index (χ4v) is 3.31. The van der Waals surface area contributed by atoms with Gasteiger partial charge >= 0.3 is 6.29 Å². The van der Waals surface area contributed by atoms with E-state index in [9.17, 15) is 13.6 Å². The van der Waals surface area contributed by atoms with Crippen LogP contribution in [-0.4, -0.2) is 32.4 Å². The number of aromatic amines is 2. The van der Waals surface area contributed by atoms with Gasteiger partial charge in [-0.05, 0) is 38.1 Å². The van der Waals surface area contributed by atoms with Gasteiger partial charge in [-0.15, -0.1) is 8.78 Å². The Hall–Kier alpha value is -3.95. The van der Waals surface area contributed by atoms with Crippen LogP contribution in [0.1, 0.15) is 21.7 Å². The molecule has 0 unspecified atom stereocenters. The van der Waals surface area contributed by atoms with Crippen molar-refractivity contribution in [1.82, 2.24) is 20.2 Å². The number of pyridine rings is 1. The molecule has 0 aliphatic carbocycles. The van der Waals surface area contributed by atoms with Crippen LogP contribution in [-0.2, 0) is 0 Å². The van der Waals surface area contributed by atoms with Crippen molar-refractivity contribution in [2.24, 2.45) is 0 Å². The average Bonchev–Trinajstić information content (AvgIpc) is 3.35. The first kappa shape index (κ1) is 18.1. The van der Waals surface area contributed by atoms with Crippen molar-refractivity contribution in [1.29, 1.82) is 0 Å². The van der Waals surface area contributed by atoms with Crippen molar-refractivity contribution in [3.05, 3.63) is 53.5 Å². The van der Waals surface area contributed by atoms with E-state index in [4.69, 9.17) is 0 Å². The first-order valence-corrected chi connectivity index (χ1v) is 9.01. The number of alkyl halides is 2. The molecular weight excluding hydrogens is 396 g/mol. The quantitative estimate of drug-likeness (QED) is 0.470. The van der Waals surface area contributed by atoms with E-state index in [0.29, 0.717) is 33.7 Å². The standard InChI is InChI=1S/C20H15F2N5O3/c1-9-10(2)26-27-16(9)19(28)24-12-6-11-7-14(25-18(11)23-8-12)13-4-3-5-15-17(13)30-20(21,22)29-15/h3-8H,1-2H3,(H,23,25)(H,24,28)(H,26,27). The molecule has 0 radical (unpaired) electrons. The first-order chi connectivity index (χ1) is 14.3. The van der Waals surface area contributed by atoms with E-state index in [2.05, 4.69) is 35.0 Å². The van der Waals surface area contributed by atoms with E-state index in [1.54, 1.807) is 31.2 Å². The van der Waals surface area contributed by atoms with Gasteiger partial charge in [0, 0.05) is 16.5 Å². The van der Waals surface area contributed by atoms with Crippen LogP contribution in [0.5, 0.6) is 11.5 Å². The molecule has 1 aliphatic heterocycles. The Bertz CT molecular complexity index is 1310. The molecule has 1 aromatic carbocycles. The van der Waals surface area contributed by atoms with Crippen LogP contribution < -0.4 is 14.8 Å². The summed E-state index contributed by atoms with van der Waals surface area (Å²) in [5.74, 6) is -0.423. The normalized spacial score (nSPS) is 14.3. The largest absolute Gasteiger partial charge is 0.586 e. The summed E-state index contributed by atoms with van der Waals surface area (Å²) in [7, 11) is 0. The number of fused-ring (bicyclic) bond motifs is 2. The highest BCUT2D eigenvalue weighted by molar-refractivity contribution is 6.04. The molecule has 0 saturated carbocycles. The monoisotopic (exact) mass is 411 g/mol. The number of ether oxygens (including phenoxy) is 2. The van der Waals surface area contributed by atoms with E-state index in [-0.39, 0.29) is 17.4 Å². The minimum atomic E-state index is -3.71. The van der Waals surface area contributed by atoms with E-state index in [0.717, 1.165) is 11.3 Å². The number of amides is 1. The second kappa shape index (κ2) is 6.28. The number of nitrogens with one attached hydrogen (secondary N) is 3. The summed E-state index contributed by atoms with van der Waals surface area (Å²) in [6.45, 7) is 3.61. The lowest BCUT2D eigenvalue weighted by Gasteiger charge is -2.06. The summed E-state index contributed by atoms with van der Waals surface area (Å²) in [5, 5.41) is 10.2. The molecule has 3 N–H and O–H groups in total. The number of carbonyl (C=O) groups excluding carboxylic acids is 1. The third-order valence-corrected chi connectivity index (χ3v) is 4.93. The maximum Gasteiger partial charge on any atom is 0.586 e. The lowest BCUT2D eigenvalue weighted by Crippen LogP contribution is -2.26. The van der Waals surface area contributed by atoms with Gasteiger partial charge in [0.15, 0.2) is 11.5 Å². The Balaban J connectivity index is 1.47. The lowest BCUT2D eigenvalue weighted by atomic mass is 10.1. The van der Waals surface area contributed by atoms with Crippen LogP contribution in [0.15, 0.2) is 36.5 Å². The van der Waals surface area contributed by atoms with Crippen molar-refractivity contribution in [2.75, 3.05) is 5.32 Å². The molecule has 1 aliphatic rings. The molecule has 0 saturated heterocycles. The number of aryl methyl sites for hydroxylation is 1. The molecule has 5 rings (SSSR count).